The van der Waals surface area contributed by atoms with Gasteiger partial charge in [0.2, 0.25) is 0 Å². The highest BCUT2D eigenvalue weighted by Crippen LogP contribution is 2.36. The summed E-state index contributed by atoms with van der Waals surface area (Å²) < 4.78 is 11.4. The van der Waals surface area contributed by atoms with E-state index in [2.05, 4.69) is 10.3 Å². The lowest BCUT2D eigenvalue weighted by molar-refractivity contribution is 0.0132. The van der Waals surface area contributed by atoms with Crippen LogP contribution in [0.1, 0.15) is 57.8 Å². The summed E-state index contributed by atoms with van der Waals surface area (Å²) >= 11 is 6.46. The molecule has 5 heteroatoms. The molecule has 0 aromatic heterocycles. The van der Waals surface area contributed by atoms with Crippen molar-refractivity contribution in [1.82, 2.24) is 5.32 Å². The Bertz CT molecular complexity index is 404. The molecule has 0 aromatic rings. The molecule has 4 nitrogen and oxygen atoms in total. The quantitative estimate of drug-likeness (QED) is 0.774. The number of alkyl halides is 1. The third kappa shape index (κ3) is 4.76. The number of methoxy groups -OCH3 is 1. The van der Waals surface area contributed by atoms with E-state index in [4.69, 9.17) is 21.1 Å². The molecule has 1 aliphatic heterocycles. The second kappa shape index (κ2) is 8.57. The fraction of sp³-hybridized carbons (Fsp3) is 0.944. The molecular formula is C18H31ClN2O2. The van der Waals surface area contributed by atoms with Gasteiger partial charge in [0.25, 0.3) is 6.02 Å². The van der Waals surface area contributed by atoms with E-state index in [1.165, 1.54) is 38.5 Å². The van der Waals surface area contributed by atoms with Gasteiger partial charge in [0.1, 0.15) is 6.61 Å². The van der Waals surface area contributed by atoms with E-state index in [0.29, 0.717) is 36.0 Å². The van der Waals surface area contributed by atoms with Crippen molar-refractivity contribution in [3.8, 4) is 0 Å². The standard InChI is InChI=1S/C18H31ClN2O2/c1-22-17-8-3-2-5-14(17)12-16(21-18-20-9-10-23-18)13-6-4-7-15(19)11-13/h13-17H,2-12H2,1H3,(H,20,21). The molecule has 3 rings (SSSR count). The maximum atomic E-state index is 6.46. The topological polar surface area (TPSA) is 42.8 Å². The largest absolute Gasteiger partial charge is 0.463 e. The molecule has 2 fully saturated rings. The van der Waals surface area contributed by atoms with E-state index in [1.807, 2.05) is 7.11 Å². The van der Waals surface area contributed by atoms with Crippen LogP contribution in [0.4, 0.5) is 0 Å². The highest BCUT2D eigenvalue weighted by Gasteiger charge is 2.34. The van der Waals surface area contributed by atoms with E-state index in [1.54, 1.807) is 0 Å². The Morgan fingerprint density at radius 2 is 2.13 bits per heavy atom. The van der Waals surface area contributed by atoms with Gasteiger partial charge in [-0.15, -0.1) is 11.6 Å². The van der Waals surface area contributed by atoms with Gasteiger partial charge in [0.05, 0.1) is 12.6 Å². The molecule has 132 valence electrons. The van der Waals surface area contributed by atoms with Gasteiger partial charge in [-0.05, 0) is 50.4 Å². The minimum absolute atomic E-state index is 0.328. The van der Waals surface area contributed by atoms with Crippen LogP contribution in [-0.2, 0) is 9.47 Å². The van der Waals surface area contributed by atoms with Gasteiger partial charge in [-0.3, -0.25) is 0 Å². The summed E-state index contributed by atoms with van der Waals surface area (Å²) in [7, 11) is 1.87. The Balaban J connectivity index is 1.65. The number of halogens is 1. The summed E-state index contributed by atoms with van der Waals surface area (Å²) in [6.45, 7) is 1.49. The number of amidine groups is 1. The number of nitrogens with one attached hydrogen (secondary N) is 1. The minimum Gasteiger partial charge on any atom is -0.463 e. The lowest BCUT2D eigenvalue weighted by Gasteiger charge is -2.38. The average Bonchev–Trinajstić information content (AvgIpc) is 3.08. The summed E-state index contributed by atoms with van der Waals surface area (Å²) in [5.41, 5.74) is 0. The highest BCUT2D eigenvalue weighted by molar-refractivity contribution is 6.20. The molecule has 5 unspecified atom stereocenters. The van der Waals surface area contributed by atoms with Crippen molar-refractivity contribution in [2.24, 2.45) is 16.8 Å². The fourth-order valence-corrected chi connectivity index (χ4v) is 4.94. The lowest BCUT2D eigenvalue weighted by Crippen LogP contribution is -2.45. The zero-order valence-electron chi connectivity index (χ0n) is 14.3. The Morgan fingerprint density at radius 3 is 2.87 bits per heavy atom. The first-order chi connectivity index (χ1) is 11.3. The summed E-state index contributed by atoms with van der Waals surface area (Å²) in [5, 5.41) is 3.94. The van der Waals surface area contributed by atoms with Crippen molar-refractivity contribution in [3.63, 3.8) is 0 Å². The first-order valence-corrected chi connectivity index (χ1v) is 9.80. The highest BCUT2D eigenvalue weighted by atomic mass is 35.5. The molecular weight excluding hydrogens is 312 g/mol. The van der Waals surface area contributed by atoms with Crippen LogP contribution < -0.4 is 5.32 Å². The Labute approximate surface area is 145 Å². The Hall–Kier alpha value is -0.480. The third-order valence-corrected chi connectivity index (χ3v) is 6.21. The summed E-state index contributed by atoms with van der Waals surface area (Å²) in [4.78, 5) is 4.44. The van der Waals surface area contributed by atoms with Crippen molar-refractivity contribution in [3.05, 3.63) is 0 Å². The Morgan fingerprint density at radius 1 is 1.26 bits per heavy atom. The first-order valence-electron chi connectivity index (χ1n) is 9.37. The van der Waals surface area contributed by atoms with Crippen LogP contribution in [0.25, 0.3) is 0 Å². The summed E-state index contributed by atoms with van der Waals surface area (Å²) in [6, 6.07) is 1.16. The van der Waals surface area contributed by atoms with Crippen LogP contribution >= 0.6 is 11.6 Å². The van der Waals surface area contributed by atoms with E-state index < -0.39 is 0 Å². The van der Waals surface area contributed by atoms with Gasteiger partial charge in [0, 0.05) is 18.5 Å². The smallest absolute Gasteiger partial charge is 0.285 e. The third-order valence-electron chi connectivity index (χ3n) is 5.81. The molecule has 1 N–H and O–H groups in total. The Kier molecular flexibility index (Phi) is 6.46. The van der Waals surface area contributed by atoms with Crippen LogP contribution in [0.5, 0.6) is 0 Å². The predicted molar refractivity (Wildman–Crippen MR) is 94.1 cm³/mol. The van der Waals surface area contributed by atoms with Gasteiger partial charge in [-0.2, -0.15) is 0 Å². The molecule has 5 atom stereocenters. The van der Waals surface area contributed by atoms with E-state index in [-0.39, 0.29) is 0 Å². The summed E-state index contributed by atoms with van der Waals surface area (Å²) in [6.07, 6.45) is 11.4. The van der Waals surface area contributed by atoms with Crippen molar-refractivity contribution < 1.29 is 9.47 Å². The molecule has 0 aromatic carbocycles. The maximum absolute atomic E-state index is 6.46. The fourth-order valence-electron chi connectivity index (χ4n) is 4.56. The summed E-state index contributed by atoms with van der Waals surface area (Å²) in [5.74, 6) is 1.27. The molecule has 0 spiro atoms. The van der Waals surface area contributed by atoms with Crippen LogP contribution in [0.3, 0.4) is 0 Å². The van der Waals surface area contributed by atoms with E-state index in [9.17, 15) is 0 Å². The van der Waals surface area contributed by atoms with Crippen LogP contribution in [0, 0.1) is 11.8 Å². The number of ether oxygens (including phenoxy) is 2. The molecule has 2 saturated carbocycles. The maximum Gasteiger partial charge on any atom is 0.285 e. The number of rotatable bonds is 5. The zero-order chi connectivity index (χ0) is 16.1. The molecule has 3 aliphatic rings. The number of nitrogens with zero attached hydrogens (tertiary/aromatic N) is 1. The van der Waals surface area contributed by atoms with Crippen molar-refractivity contribution in [2.45, 2.75) is 75.3 Å². The lowest BCUT2D eigenvalue weighted by atomic mass is 9.76. The number of hydrogen-bond acceptors (Lipinski definition) is 4. The SMILES string of the molecule is COC1CCCCC1CC(NC1=NCCO1)C1CCCC(Cl)C1. The van der Waals surface area contributed by atoms with Gasteiger partial charge >= 0.3 is 0 Å². The van der Waals surface area contributed by atoms with Crippen molar-refractivity contribution >= 4 is 17.6 Å². The van der Waals surface area contributed by atoms with E-state index in [0.717, 1.165) is 31.8 Å². The van der Waals surface area contributed by atoms with E-state index >= 15 is 0 Å². The minimum atomic E-state index is 0.328. The predicted octanol–water partition coefficient (Wildman–Crippen LogP) is 3.72. The zero-order valence-corrected chi connectivity index (χ0v) is 15.1. The molecule has 23 heavy (non-hydrogen) atoms. The second-order valence-electron chi connectivity index (χ2n) is 7.36. The monoisotopic (exact) mass is 342 g/mol. The van der Waals surface area contributed by atoms with Crippen LogP contribution in [-0.4, -0.2) is 43.8 Å². The van der Waals surface area contributed by atoms with Gasteiger partial charge < -0.3 is 14.8 Å². The van der Waals surface area contributed by atoms with Crippen LogP contribution in [0.2, 0.25) is 0 Å². The molecule has 2 aliphatic carbocycles. The second-order valence-corrected chi connectivity index (χ2v) is 7.98. The van der Waals surface area contributed by atoms with Gasteiger partial charge in [-0.1, -0.05) is 19.3 Å². The molecule has 0 amide bonds. The molecule has 1 heterocycles. The van der Waals surface area contributed by atoms with Crippen LogP contribution in [0.15, 0.2) is 4.99 Å². The number of aliphatic imine (C=N–C) groups is 1. The molecule has 0 radical (unpaired) electrons. The number of hydrogen-bond donors (Lipinski definition) is 1. The van der Waals surface area contributed by atoms with Crippen molar-refractivity contribution in [1.29, 1.82) is 0 Å². The van der Waals surface area contributed by atoms with Gasteiger partial charge in [-0.25, -0.2) is 4.99 Å². The normalized spacial score (nSPS) is 36.2. The van der Waals surface area contributed by atoms with Crippen molar-refractivity contribution in [2.75, 3.05) is 20.3 Å². The molecule has 0 saturated heterocycles. The van der Waals surface area contributed by atoms with Gasteiger partial charge in [0.15, 0.2) is 0 Å². The first kappa shape index (κ1) is 17.3. The average molecular weight is 343 g/mol. The molecule has 0 bridgehead atoms.